The van der Waals surface area contributed by atoms with Crippen LogP contribution in [0.15, 0.2) is 141 Å². The largest absolute Gasteiger partial charge is 0.494 e. The van der Waals surface area contributed by atoms with Crippen molar-refractivity contribution in [3.05, 3.63) is 152 Å². The number of unbranched alkanes of at least 4 members (excludes halogenated alkanes) is 6. The molecule has 1 aromatic heterocycles. The number of hydrogen-bond acceptors (Lipinski definition) is 14. The molecule has 0 spiro atoms. The number of esters is 4. The minimum atomic E-state index is -0.542. The molecule has 0 saturated heterocycles. The fourth-order valence-corrected chi connectivity index (χ4v) is 7.30. The summed E-state index contributed by atoms with van der Waals surface area (Å²) in [5.74, 6) is 0.904. The van der Waals surface area contributed by atoms with Gasteiger partial charge in [0.1, 0.15) is 35.4 Å². The molecule has 14 nitrogen and oxygen atoms in total. The monoisotopic (exact) mass is 978 g/mol. The highest BCUT2D eigenvalue weighted by Gasteiger charge is 2.18. The molecule has 0 unspecified atom stereocenters. The molecule has 0 atom stereocenters. The molecule has 376 valence electrons. The number of aromatic nitrogens is 2. The van der Waals surface area contributed by atoms with Crippen LogP contribution in [-0.2, 0) is 35.0 Å². The number of rotatable bonds is 31. The molecular weight excluding hydrogens is 917 g/mol. The standard InChI is InChI=1S/C58H62N2O12/c1-4-53(61)69-35-13-9-7-11-33-66-46-26-21-42(22-27-46)23-32-55(63)71-49-19-15-17-44(39-49)57-56(59-51-31-30-48(41-52(51)60-57)68-38-37-65-6-3)45-18-16-20-50(40-45)72-58(64)43-24-28-47(29-25-43)67-34-12-8-10-14-36-70-54(62)5-2/h4-5,15-22,24-31,39-41H,1-2,6-14,23,32-38H2,3H3. The number of aryl methyl sites for hydroxylation is 1. The normalized spacial score (nSPS) is 10.8. The van der Waals surface area contributed by atoms with Crippen LogP contribution in [0.25, 0.3) is 33.5 Å². The van der Waals surface area contributed by atoms with E-state index in [1.165, 1.54) is 6.08 Å². The molecule has 0 aliphatic carbocycles. The van der Waals surface area contributed by atoms with Gasteiger partial charge in [0, 0.05) is 42.4 Å². The first-order valence-electron chi connectivity index (χ1n) is 24.4. The first-order chi connectivity index (χ1) is 35.2. The van der Waals surface area contributed by atoms with Crippen LogP contribution in [0.5, 0.6) is 28.7 Å². The third kappa shape index (κ3) is 17.8. The second-order valence-corrected chi connectivity index (χ2v) is 16.5. The van der Waals surface area contributed by atoms with E-state index in [2.05, 4.69) is 13.2 Å². The van der Waals surface area contributed by atoms with E-state index in [4.69, 9.17) is 47.9 Å². The van der Waals surface area contributed by atoms with Gasteiger partial charge in [0.25, 0.3) is 0 Å². The number of fused-ring (bicyclic) bond motifs is 1. The average molecular weight is 979 g/mol. The molecule has 5 aromatic carbocycles. The van der Waals surface area contributed by atoms with Gasteiger partial charge < -0.3 is 37.9 Å². The third-order valence-corrected chi connectivity index (χ3v) is 11.1. The van der Waals surface area contributed by atoms with Gasteiger partial charge in [-0.15, -0.1) is 0 Å². The van der Waals surface area contributed by atoms with Crippen molar-refractivity contribution < 1.29 is 57.1 Å². The highest BCUT2D eigenvalue weighted by atomic mass is 16.5. The topological polar surface area (TPSA) is 168 Å². The number of hydrogen-bond donors (Lipinski definition) is 0. The van der Waals surface area contributed by atoms with Crippen molar-refractivity contribution in [2.75, 3.05) is 46.2 Å². The highest BCUT2D eigenvalue weighted by Crippen LogP contribution is 2.35. The van der Waals surface area contributed by atoms with Gasteiger partial charge in [-0.05, 0) is 143 Å². The SMILES string of the molecule is C=CC(=O)OCCCCCCOc1ccc(CCC(=O)Oc2cccc(-c3nc4cc(OCCOCC)ccc4nc3-c3cccc(OC(=O)c4ccc(OCCCCCCOC(=O)C=C)cc4)c3)c2)cc1. The van der Waals surface area contributed by atoms with Gasteiger partial charge in [-0.3, -0.25) is 4.79 Å². The Bertz CT molecular complexity index is 2720. The van der Waals surface area contributed by atoms with Crippen LogP contribution >= 0.6 is 0 Å². The van der Waals surface area contributed by atoms with Crippen molar-refractivity contribution >= 4 is 34.9 Å². The lowest BCUT2D eigenvalue weighted by Crippen LogP contribution is -2.09. The second-order valence-electron chi connectivity index (χ2n) is 16.5. The molecule has 0 radical (unpaired) electrons. The molecule has 0 saturated carbocycles. The molecular formula is C58H62N2O12. The Kier molecular flexibility index (Phi) is 21.8. The van der Waals surface area contributed by atoms with E-state index in [0.29, 0.717) is 115 Å². The summed E-state index contributed by atoms with van der Waals surface area (Å²) < 4.78 is 44.9. The molecule has 72 heavy (non-hydrogen) atoms. The van der Waals surface area contributed by atoms with E-state index in [-0.39, 0.29) is 6.42 Å². The summed E-state index contributed by atoms with van der Waals surface area (Å²) in [4.78, 5) is 59.1. The highest BCUT2D eigenvalue weighted by molar-refractivity contribution is 5.92. The van der Waals surface area contributed by atoms with E-state index in [1.54, 1.807) is 60.7 Å². The lowest BCUT2D eigenvalue weighted by Gasteiger charge is -2.14. The molecule has 1 heterocycles. The van der Waals surface area contributed by atoms with Crippen LogP contribution in [-0.4, -0.2) is 80.1 Å². The van der Waals surface area contributed by atoms with E-state index >= 15 is 0 Å². The van der Waals surface area contributed by atoms with Crippen molar-refractivity contribution in [1.29, 1.82) is 0 Å². The molecule has 0 amide bonds. The Balaban J connectivity index is 1.08. The zero-order valence-electron chi connectivity index (χ0n) is 40.9. The van der Waals surface area contributed by atoms with Crippen LogP contribution in [0.2, 0.25) is 0 Å². The summed E-state index contributed by atoms with van der Waals surface area (Å²) >= 11 is 0. The Hall–Kier alpha value is -7.84. The number of nitrogens with zero attached hydrogens (tertiary/aromatic N) is 2. The van der Waals surface area contributed by atoms with Gasteiger partial charge in [0.2, 0.25) is 0 Å². The van der Waals surface area contributed by atoms with Crippen LogP contribution < -0.4 is 23.7 Å². The maximum atomic E-state index is 13.4. The molecule has 0 N–H and O–H groups in total. The average Bonchev–Trinajstić information content (AvgIpc) is 3.40. The van der Waals surface area contributed by atoms with Gasteiger partial charge in [-0.1, -0.05) is 49.6 Å². The summed E-state index contributed by atoms with van der Waals surface area (Å²) in [6.07, 6.45) is 9.98. The summed E-state index contributed by atoms with van der Waals surface area (Å²) in [6.45, 7) is 12.0. The van der Waals surface area contributed by atoms with Gasteiger partial charge in [0.05, 0.1) is 61.0 Å². The molecule has 14 heteroatoms. The number of carbonyl (C=O) groups is 4. The molecule has 6 rings (SSSR count). The summed E-state index contributed by atoms with van der Waals surface area (Å²) in [6, 6.07) is 34.2. The number of benzene rings is 5. The molecule has 0 fully saturated rings. The number of ether oxygens (including phenoxy) is 8. The first kappa shape index (κ1) is 53.5. The zero-order valence-corrected chi connectivity index (χ0v) is 40.9. The van der Waals surface area contributed by atoms with Crippen LogP contribution in [0.4, 0.5) is 0 Å². The smallest absolute Gasteiger partial charge is 0.343 e. The van der Waals surface area contributed by atoms with Gasteiger partial charge >= 0.3 is 23.9 Å². The van der Waals surface area contributed by atoms with Crippen molar-refractivity contribution in [1.82, 2.24) is 9.97 Å². The van der Waals surface area contributed by atoms with Crippen molar-refractivity contribution in [2.24, 2.45) is 0 Å². The maximum Gasteiger partial charge on any atom is 0.343 e. The first-order valence-corrected chi connectivity index (χ1v) is 24.4. The Morgan fingerprint density at radius 1 is 0.500 bits per heavy atom. The fourth-order valence-electron chi connectivity index (χ4n) is 7.30. The Labute approximate surface area is 420 Å². The minimum absolute atomic E-state index is 0.156. The minimum Gasteiger partial charge on any atom is -0.494 e. The summed E-state index contributed by atoms with van der Waals surface area (Å²) in [5, 5.41) is 0. The van der Waals surface area contributed by atoms with E-state index in [0.717, 1.165) is 68.8 Å². The quantitative estimate of drug-likeness (QED) is 0.0175. The maximum absolute atomic E-state index is 13.4. The predicted molar refractivity (Wildman–Crippen MR) is 274 cm³/mol. The summed E-state index contributed by atoms with van der Waals surface area (Å²) in [7, 11) is 0. The molecule has 6 aromatic rings. The van der Waals surface area contributed by atoms with Crippen molar-refractivity contribution in [3.8, 4) is 51.3 Å². The zero-order chi connectivity index (χ0) is 50.8. The lowest BCUT2D eigenvalue weighted by atomic mass is 10.0. The lowest BCUT2D eigenvalue weighted by molar-refractivity contribution is -0.138. The van der Waals surface area contributed by atoms with E-state index in [1.807, 2.05) is 61.5 Å². The predicted octanol–water partition coefficient (Wildman–Crippen LogP) is 11.5. The van der Waals surface area contributed by atoms with Gasteiger partial charge in [-0.2, -0.15) is 0 Å². The van der Waals surface area contributed by atoms with Gasteiger partial charge in [-0.25, -0.2) is 24.4 Å². The molecule has 0 bridgehead atoms. The molecule has 0 aliphatic rings. The van der Waals surface area contributed by atoms with Crippen LogP contribution in [0.1, 0.15) is 80.6 Å². The van der Waals surface area contributed by atoms with Crippen molar-refractivity contribution in [2.45, 2.75) is 71.1 Å². The third-order valence-electron chi connectivity index (χ3n) is 11.1. The van der Waals surface area contributed by atoms with Crippen molar-refractivity contribution in [3.63, 3.8) is 0 Å². The Morgan fingerprint density at radius 2 is 1.01 bits per heavy atom. The van der Waals surface area contributed by atoms with Gasteiger partial charge in [0.15, 0.2) is 0 Å². The van der Waals surface area contributed by atoms with E-state index < -0.39 is 23.9 Å². The van der Waals surface area contributed by atoms with Crippen LogP contribution in [0, 0.1) is 0 Å². The van der Waals surface area contributed by atoms with Crippen LogP contribution in [0.3, 0.4) is 0 Å². The number of carbonyl (C=O) groups excluding carboxylic acids is 4. The van der Waals surface area contributed by atoms with E-state index in [9.17, 15) is 19.2 Å². The Morgan fingerprint density at radius 3 is 1.58 bits per heavy atom. The molecule has 0 aliphatic heterocycles. The fraction of sp³-hybridized carbons (Fsp3) is 0.310. The summed E-state index contributed by atoms with van der Waals surface area (Å²) in [5.41, 5.74) is 4.83. The second kappa shape index (κ2) is 29.4.